The van der Waals surface area contributed by atoms with Crippen LogP contribution in [0, 0.1) is 17.8 Å². The van der Waals surface area contributed by atoms with Gasteiger partial charge in [-0.15, -0.1) is 10.2 Å². The van der Waals surface area contributed by atoms with Gasteiger partial charge in [0, 0.05) is 19.0 Å². The summed E-state index contributed by atoms with van der Waals surface area (Å²) in [6.07, 6.45) is 8.96. The second-order valence-corrected chi connectivity index (χ2v) is 10.4. The van der Waals surface area contributed by atoms with Crippen LogP contribution in [0.3, 0.4) is 0 Å². The van der Waals surface area contributed by atoms with Crippen molar-refractivity contribution in [2.45, 2.75) is 81.8 Å². The zero-order valence-corrected chi connectivity index (χ0v) is 18.5. The lowest BCUT2D eigenvalue weighted by molar-refractivity contribution is -0.143. The molecule has 2 aliphatic carbocycles. The van der Waals surface area contributed by atoms with E-state index in [4.69, 9.17) is 0 Å². The third-order valence-electron chi connectivity index (χ3n) is 8.36. The fourth-order valence-electron chi connectivity index (χ4n) is 6.59. The van der Waals surface area contributed by atoms with Gasteiger partial charge in [0.15, 0.2) is 5.82 Å². The van der Waals surface area contributed by atoms with Crippen LogP contribution in [-0.4, -0.2) is 79.0 Å². The monoisotopic (exact) mass is 446 g/mol. The van der Waals surface area contributed by atoms with Crippen LogP contribution in [0.2, 0.25) is 0 Å². The third-order valence-corrected chi connectivity index (χ3v) is 8.36. The molecule has 32 heavy (non-hydrogen) atoms. The van der Waals surface area contributed by atoms with Gasteiger partial charge in [0.1, 0.15) is 12.1 Å². The lowest BCUT2D eigenvalue weighted by atomic mass is 9.69. The quantitative estimate of drug-likeness (QED) is 0.594. The topological polar surface area (TPSA) is 133 Å². The summed E-state index contributed by atoms with van der Waals surface area (Å²) in [5.74, 6) is 1.00. The van der Waals surface area contributed by atoms with Gasteiger partial charge in [-0.25, -0.2) is 0 Å². The van der Waals surface area contributed by atoms with Crippen LogP contribution in [0.4, 0.5) is 0 Å². The third kappa shape index (κ3) is 4.39. The number of aliphatic carboxylic acids is 2. The molecule has 10 nitrogen and oxygen atoms in total. The van der Waals surface area contributed by atoms with E-state index in [2.05, 4.69) is 25.6 Å². The Bertz CT molecular complexity index is 840. The Labute approximate surface area is 187 Å². The van der Waals surface area contributed by atoms with E-state index in [-0.39, 0.29) is 6.04 Å². The van der Waals surface area contributed by atoms with Gasteiger partial charge in [0.2, 0.25) is 0 Å². The van der Waals surface area contributed by atoms with Crippen molar-refractivity contribution >= 4 is 11.9 Å². The Morgan fingerprint density at radius 1 is 1.00 bits per heavy atom. The second-order valence-electron chi connectivity index (χ2n) is 10.4. The fourth-order valence-corrected chi connectivity index (χ4v) is 6.59. The smallest absolute Gasteiger partial charge is 0.321 e. The lowest BCUT2D eigenvalue weighted by Gasteiger charge is -2.42. The Kier molecular flexibility index (Phi) is 6.16. The summed E-state index contributed by atoms with van der Waals surface area (Å²) in [6.45, 7) is 2.15. The summed E-state index contributed by atoms with van der Waals surface area (Å²) in [5.41, 5.74) is 0. The molecule has 1 aromatic rings. The maximum atomic E-state index is 12.0. The number of carboxylic acid groups (broad SMARTS) is 2. The van der Waals surface area contributed by atoms with Crippen LogP contribution < -0.4 is 5.32 Å². The van der Waals surface area contributed by atoms with Crippen molar-refractivity contribution in [3.8, 4) is 0 Å². The van der Waals surface area contributed by atoms with Gasteiger partial charge in [0.25, 0.3) is 0 Å². The number of aromatic nitrogens is 4. The highest BCUT2D eigenvalue weighted by Crippen LogP contribution is 2.40. The summed E-state index contributed by atoms with van der Waals surface area (Å²) in [6, 6.07) is -1.05. The molecule has 2 saturated heterocycles. The van der Waals surface area contributed by atoms with Crippen molar-refractivity contribution < 1.29 is 19.8 Å². The zero-order chi connectivity index (χ0) is 22.2. The molecule has 2 saturated carbocycles. The number of hydrogen-bond donors (Lipinski definition) is 3. The number of carboxylic acids is 2. The van der Waals surface area contributed by atoms with E-state index in [9.17, 15) is 19.8 Å². The van der Waals surface area contributed by atoms with E-state index < -0.39 is 24.0 Å². The van der Waals surface area contributed by atoms with E-state index in [0.29, 0.717) is 43.1 Å². The number of nitrogens with one attached hydrogen (secondary N) is 1. The molecule has 0 amide bonds. The van der Waals surface area contributed by atoms with E-state index in [1.165, 1.54) is 12.8 Å². The molecule has 4 fully saturated rings. The highest BCUT2D eigenvalue weighted by molar-refractivity contribution is 5.74. The largest absolute Gasteiger partial charge is 0.480 e. The Morgan fingerprint density at radius 2 is 1.81 bits per heavy atom. The summed E-state index contributed by atoms with van der Waals surface area (Å²) in [7, 11) is 0. The molecule has 6 atom stereocenters. The molecular weight excluding hydrogens is 412 g/mol. The zero-order valence-electron chi connectivity index (χ0n) is 18.5. The Balaban J connectivity index is 1.22. The molecule has 0 radical (unpaired) electrons. The van der Waals surface area contributed by atoms with Gasteiger partial charge in [-0.3, -0.25) is 14.5 Å². The number of carbonyl (C=O) groups is 2. The molecule has 2 aliphatic heterocycles. The minimum atomic E-state index is -0.787. The maximum absolute atomic E-state index is 12.0. The first kappa shape index (κ1) is 21.8. The summed E-state index contributed by atoms with van der Waals surface area (Å²) >= 11 is 0. The first-order chi connectivity index (χ1) is 15.5. The molecule has 4 aliphatic rings. The van der Waals surface area contributed by atoms with E-state index in [0.717, 1.165) is 51.0 Å². The predicted octanol–water partition coefficient (Wildman–Crippen LogP) is 1.51. The molecule has 0 unspecified atom stereocenters. The van der Waals surface area contributed by atoms with Crippen molar-refractivity contribution in [3.63, 3.8) is 0 Å². The maximum Gasteiger partial charge on any atom is 0.321 e. The van der Waals surface area contributed by atoms with Crippen molar-refractivity contribution in [1.29, 1.82) is 0 Å². The molecule has 1 aromatic heterocycles. The van der Waals surface area contributed by atoms with Crippen LogP contribution >= 0.6 is 0 Å². The lowest BCUT2D eigenvalue weighted by Crippen LogP contribution is -2.50. The van der Waals surface area contributed by atoms with Crippen molar-refractivity contribution in [2.75, 3.05) is 19.6 Å². The predicted molar refractivity (Wildman–Crippen MR) is 114 cm³/mol. The van der Waals surface area contributed by atoms with Crippen molar-refractivity contribution in [3.05, 3.63) is 5.82 Å². The first-order valence-electron chi connectivity index (χ1n) is 12.2. The number of piperidine rings is 1. The molecule has 3 N–H and O–H groups in total. The minimum absolute atomic E-state index is 0.0645. The van der Waals surface area contributed by atoms with Crippen LogP contribution in [0.15, 0.2) is 0 Å². The summed E-state index contributed by atoms with van der Waals surface area (Å²) < 4.78 is 0. The van der Waals surface area contributed by atoms with Gasteiger partial charge < -0.3 is 15.5 Å². The summed E-state index contributed by atoms with van der Waals surface area (Å²) in [5, 5.41) is 35.6. The molecule has 0 spiro atoms. The molecular formula is C22H34N6O4. The Morgan fingerprint density at radius 3 is 2.56 bits per heavy atom. The van der Waals surface area contributed by atoms with E-state index in [1.807, 2.05) is 0 Å². The number of tetrazole rings is 1. The van der Waals surface area contributed by atoms with Gasteiger partial charge >= 0.3 is 11.9 Å². The van der Waals surface area contributed by atoms with Crippen LogP contribution in [0.5, 0.6) is 0 Å². The molecule has 176 valence electrons. The fraction of sp³-hybridized carbons (Fsp3) is 0.864. The first-order valence-corrected chi connectivity index (χ1v) is 12.2. The standard InChI is InChI=1S/C22H34N6O4/c29-21(30)18-8-16-7-13(5-6-15(16)10-23-18)11-27-12-17(9-19(27)22(31)32)28-25-20(24-26-28)14-3-1-2-4-14/h13-19,23H,1-12H2,(H,29,30)(H,31,32)/t13-,15-,16+,17-,18-,19-/m0/s1. The van der Waals surface area contributed by atoms with Crippen LogP contribution in [-0.2, 0) is 9.59 Å². The molecule has 0 aromatic carbocycles. The van der Waals surface area contributed by atoms with Gasteiger partial charge in [-0.2, -0.15) is 4.80 Å². The minimum Gasteiger partial charge on any atom is -0.480 e. The average molecular weight is 447 g/mol. The second kappa shape index (κ2) is 9.05. The van der Waals surface area contributed by atoms with Gasteiger partial charge in [-0.1, -0.05) is 12.8 Å². The normalized spacial score (nSPS) is 36.2. The van der Waals surface area contributed by atoms with Crippen molar-refractivity contribution in [2.24, 2.45) is 17.8 Å². The number of likely N-dealkylation sites (tertiary alicyclic amines) is 1. The molecule has 3 heterocycles. The van der Waals surface area contributed by atoms with Crippen LogP contribution in [0.25, 0.3) is 0 Å². The number of nitrogens with zero attached hydrogens (tertiary/aromatic N) is 5. The summed E-state index contributed by atoms with van der Waals surface area (Å²) in [4.78, 5) is 27.2. The number of hydrogen-bond acceptors (Lipinski definition) is 7. The van der Waals surface area contributed by atoms with E-state index >= 15 is 0 Å². The van der Waals surface area contributed by atoms with Crippen molar-refractivity contribution in [1.82, 2.24) is 30.4 Å². The SMILES string of the molecule is O=C(O)[C@@H]1C[C@H]2C[C@@H](CN3C[C@@H](n4nnc(C5CCCC5)n4)C[C@H]3C(=O)O)CC[C@H]2CN1. The highest BCUT2D eigenvalue weighted by atomic mass is 16.4. The number of rotatable bonds is 6. The molecule has 0 bridgehead atoms. The van der Waals surface area contributed by atoms with Crippen LogP contribution in [0.1, 0.15) is 75.6 Å². The van der Waals surface area contributed by atoms with Gasteiger partial charge in [0.05, 0.1) is 6.04 Å². The highest BCUT2D eigenvalue weighted by Gasteiger charge is 2.42. The molecule has 5 rings (SSSR count). The van der Waals surface area contributed by atoms with E-state index in [1.54, 1.807) is 4.80 Å². The average Bonchev–Trinajstić information content (AvgIpc) is 3.52. The van der Waals surface area contributed by atoms with Gasteiger partial charge in [-0.05, 0) is 74.5 Å². The molecule has 10 heteroatoms. The Hall–Kier alpha value is -2.07. The number of fused-ring (bicyclic) bond motifs is 1.